The number of nitro groups is 1. The Morgan fingerprint density at radius 2 is 1.81 bits per heavy atom. The molecular formula is C21H14FN3O6. The van der Waals surface area contributed by atoms with Crippen molar-refractivity contribution >= 4 is 11.7 Å². The van der Waals surface area contributed by atoms with E-state index in [-0.39, 0.29) is 34.6 Å². The fourth-order valence-electron chi connectivity index (χ4n) is 2.76. The highest BCUT2D eigenvalue weighted by Gasteiger charge is 2.23. The van der Waals surface area contributed by atoms with Crippen molar-refractivity contribution in [3.05, 3.63) is 88.2 Å². The number of furan rings is 1. The van der Waals surface area contributed by atoms with Gasteiger partial charge in [0.2, 0.25) is 11.7 Å². The lowest BCUT2D eigenvalue weighted by Crippen LogP contribution is -2.08. The summed E-state index contributed by atoms with van der Waals surface area (Å²) >= 11 is 0. The number of carbonyl (C=O) groups is 1. The molecule has 0 spiro atoms. The highest BCUT2D eigenvalue weighted by atomic mass is 19.1. The van der Waals surface area contributed by atoms with Crippen molar-refractivity contribution in [3.63, 3.8) is 0 Å². The topological polar surface area (TPSA) is 122 Å². The van der Waals surface area contributed by atoms with Crippen molar-refractivity contribution in [3.8, 4) is 22.8 Å². The number of nitrogens with zero attached hydrogens (tertiary/aromatic N) is 3. The van der Waals surface area contributed by atoms with Crippen LogP contribution in [-0.2, 0) is 4.74 Å². The molecule has 0 fully saturated rings. The maximum absolute atomic E-state index is 13.9. The SMILES string of the molecule is CC(OC(=O)c1ccc(-c2ccccc2F)o1)c1nnc(-c2ccc([N+](=O)[O-])cc2)o1. The average Bonchev–Trinajstić information content (AvgIpc) is 3.44. The molecule has 1 unspecified atom stereocenters. The Morgan fingerprint density at radius 3 is 2.52 bits per heavy atom. The molecule has 10 heteroatoms. The zero-order chi connectivity index (χ0) is 22.0. The van der Waals surface area contributed by atoms with Crippen LogP contribution in [-0.4, -0.2) is 21.1 Å². The van der Waals surface area contributed by atoms with Gasteiger partial charge in [-0.05, 0) is 43.3 Å². The first-order valence-electron chi connectivity index (χ1n) is 9.06. The summed E-state index contributed by atoms with van der Waals surface area (Å²) < 4.78 is 30.1. The summed E-state index contributed by atoms with van der Waals surface area (Å²) in [6.45, 7) is 1.53. The standard InChI is InChI=1S/C21H14FN3O6/c1-12(19-23-24-20(31-19)13-6-8-14(9-7-13)25(27)28)29-21(26)18-11-10-17(30-18)15-4-2-3-5-16(15)22/h2-12H,1H3. The Hall–Kier alpha value is -4.34. The molecule has 0 bridgehead atoms. The number of rotatable bonds is 6. The van der Waals surface area contributed by atoms with E-state index in [1.165, 1.54) is 55.5 Å². The second kappa shape index (κ2) is 8.19. The van der Waals surface area contributed by atoms with Crippen LogP contribution < -0.4 is 0 Å². The summed E-state index contributed by atoms with van der Waals surface area (Å²) in [4.78, 5) is 22.6. The van der Waals surface area contributed by atoms with Crippen molar-refractivity contribution in [2.45, 2.75) is 13.0 Å². The third kappa shape index (κ3) is 4.17. The van der Waals surface area contributed by atoms with Gasteiger partial charge in [0.15, 0.2) is 6.10 Å². The van der Waals surface area contributed by atoms with Crippen LogP contribution in [0.25, 0.3) is 22.8 Å². The van der Waals surface area contributed by atoms with E-state index in [1.807, 2.05) is 0 Å². The second-order valence-electron chi connectivity index (χ2n) is 6.44. The number of hydrogen-bond acceptors (Lipinski definition) is 8. The molecule has 0 saturated carbocycles. The Kier molecular flexibility index (Phi) is 5.27. The van der Waals surface area contributed by atoms with E-state index in [0.717, 1.165) is 0 Å². The van der Waals surface area contributed by atoms with E-state index in [1.54, 1.807) is 12.1 Å². The number of carbonyl (C=O) groups excluding carboxylic acids is 1. The number of ether oxygens (including phenoxy) is 1. The van der Waals surface area contributed by atoms with Gasteiger partial charge in [0.1, 0.15) is 11.6 Å². The quantitative estimate of drug-likeness (QED) is 0.242. The van der Waals surface area contributed by atoms with Gasteiger partial charge in [0.25, 0.3) is 11.6 Å². The molecule has 0 aliphatic carbocycles. The number of non-ortho nitro benzene ring substituents is 1. The summed E-state index contributed by atoms with van der Waals surface area (Å²) in [6.07, 6.45) is -0.895. The van der Waals surface area contributed by atoms with Gasteiger partial charge in [-0.25, -0.2) is 9.18 Å². The van der Waals surface area contributed by atoms with Crippen LogP contribution in [0.3, 0.4) is 0 Å². The fraction of sp³-hybridized carbons (Fsp3) is 0.0952. The molecule has 0 amide bonds. The van der Waals surface area contributed by atoms with Gasteiger partial charge < -0.3 is 13.6 Å². The lowest BCUT2D eigenvalue weighted by molar-refractivity contribution is -0.384. The maximum Gasteiger partial charge on any atom is 0.375 e. The first kappa shape index (κ1) is 20.0. The van der Waals surface area contributed by atoms with Crippen molar-refractivity contribution in [2.75, 3.05) is 0 Å². The molecule has 31 heavy (non-hydrogen) atoms. The van der Waals surface area contributed by atoms with Gasteiger partial charge in [-0.3, -0.25) is 10.1 Å². The zero-order valence-corrected chi connectivity index (χ0v) is 16.0. The Bertz CT molecular complexity index is 1250. The smallest absolute Gasteiger partial charge is 0.375 e. The van der Waals surface area contributed by atoms with E-state index in [2.05, 4.69) is 10.2 Å². The lowest BCUT2D eigenvalue weighted by Gasteiger charge is -2.07. The number of esters is 1. The predicted octanol–water partition coefficient (Wildman–Crippen LogP) is 4.96. The highest BCUT2D eigenvalue weighted by molar-refractivity contribution is 5.87. The number of nitro benzene ring substituents is 1. The number of aromatic nitrogens is 2. The molecule has 0 aliphatic heterocycles. The fourth-order valence-corrected chi connectivity index (χ4v) is 2.76. The molecule has 0 aliphatic rings. The van der Waals surface area contributed by atoms with Crippen molar-refractivity contribution < 1.29 is 27.7 Å². The third-order valence-electron chi connectivity index (χ3n) is 4.34. The number of halogens is 1. The van der Waals surface area contributed by atoms with Crippen LogP contribution in [0.5, 0.6) is 0 Å². The average molecular weight is 423 g/mol. The van der Waals surface area contributed by atoms with Gasteiger partial charge in [-0.2, -0.15) is 0 Å². The van der Waals surface area contributed by atoms with Crippen molar-refractivity contribution in [2.24, 2.45) is 0 Å². The predicted molar refractivity (Wildman–Crippen MR) is 104 cm³/mol. The monoisotopic (exact) mass is 423 g/mol. The van der Waals surface area contributed by atoms with Gasteiger partial charge in [-0.1, -0.05) is 12.1 Å². The molecule has 1 atom stereocenters. The first-order valence-corrected chi connectivity index (χ1v) is 9.06. The largest absolute Gasteiger partial charge is 0.449 e. The van der Waals surface area contributed by atoms with Crippen LogP contribution >= 0.6 is 0 Å². The molecule has 9 nitrogen and oxygen atoms in total. The minimum Gasteiger partial charge on any atom is -0.449 e. The molecule has 4 aromatic rings. The van der Waals surface area contributed by atoms with Crippen LogP contribution in [0.15, 0.2) is 69.5 Å². The van der Waals surface area contributed by atoms with Gasteiger partial charge in [0.05, 0.1) is 10.5 Å². The van der Waals surface area contributed by atoms with E-state index in [9.17, 15) is 19.3 Å². The molecular weight excluding hydrogens is 409 g/mol. The van der Waals surface area contributed by atoms with Crippen molar-refractivity contribution in [1.82, 2.24) is 10.2 Å². The second-order valence-corrected chi connectivity index (χ2v) is 6.44. The van der Waals surface area contributed by atoms with Gasteiger partial charge >= 0.3 is 5.97 Å². The van der Waals surface area contributed by atoms with Crippen molar-refractivity contribution in [1.29, 1.82) is 0 Å². The normalized spacial score (nSPS) is 11.8. The molecule has 2 aromatic carbocycles. The Labute approximate surface area is 174 Å². The zero-order valence-electron chi connectivity index (χ0n) is 16.0. The molecule has 2 heterocycles. The number of benzene rings is 2. The van der Waals surface area contributed by atoms with Crippen LogP contribution in [0, 0.1) is 15.9 Å². The molecule has 0 N–H and O–H groups in total. The summed E-state index contributed by atoms with van der Waals surface area (Å²) in [7, 11) is 0. The summed E-state index contributed by atoms with van der Waals surface area (Å²) in [6, 6.07) is 14.4. The summed E-state index contributed by atoms with van der Waals surface area (Å²) in [5, 5.41) is 18.5. The Balaban J connectivity index is 1.45. The van der Waals surface area contributed by atoms with Crippen LogP contribution in [0.4, 0.5) is 10.1 Å². The van der Waals surface area contributed by atoms with Gasteiger partial charge in [0, 0.05) is 17.7 Å². The molecule has 0 saturated heterocycles. The third-order valence-corrected chi connectivity index (χ3v) is 4.34. The number of hydrogen-bond donors (Lipinski definition) is 0. The minimum atomic E-state index is -0.895. The highest BCUT2D eigenvalue weighted by Crippen LogP contribution is 2.27. The molecule has 2 aromatic heterocycles. The van der Waals surface area contributed by atoms with E-state index < -0.39 is 22.8 Å². The van der Waals surface area contributed by atoms with Gasteiger partial charge in [-0.15, -0.1) is 10.2 Å². The summed E-state index contributed by atoms with van der Waals surface area (Å²) in [5.41, 5.74) is 0.627. The van der Waals surface area contributed by atoms with Crippen LogP contribution in [0.2, 0.25) is 0 Å². The van der Waals surface area contributed by atoms with Crippen LogP contribution in [0.1, 0.15) is 29.5 Å². The van der Waals surface area contributed by atoms with E-state index >= 15 is 0 Å². The molecule has 0 radical (unpaired) electrons. The van der Waals surface area contributed by atoms with E-state index in [0.29, 0.717) is 5.56 Å². The lowest BCUT2D eigenvalue weighted by atomic mass is 10.1. The first-order chi connectivity index (χ1) is 14.9. The maximum atomic E-state index is 13.9. The summed E-state index contributed by atoms with van der Waals surface area (Å²) in [5.74, 6) is -1.04. The van der Waals surface area contributed by atoms with E-state index in [4.69, 9.17) is 13.6 Å². The Morgan fingerprint density at radius 1 is 1.06 bits per heavy atom. The minimum absolute atomic E-state index is 0.0302. The molecule has 4 rings (SSSR count). The molecule has 156 valence electrons.